The molecule has 1 heterocycles. The summed E-state index contributed by atoms with van der Waals surface area (Å²) in [7, 11) is 0. The van der Waals surface area contributed by atoms with Crippen LogP contribution in [0.25, 0.3) is 0 Å². The van der Waals surface area contributed by atoms with Gasteiger partial charge in [-0.2, -0.15) is 0 Å². The maximum atomic E-state index is 9.31. The first kappa shape index (κ1) is 14.1. The molecule has 1 aromatic carbocycles. The van der Waals surface area contributed by atoms with Crippen molar-refractivity contribution in [2.75, 3.05) is 19.9 Å². The fourth-order valence-electron chi connectivity index (χ4n) is 1.96. The van der Waals surface area contributed by atoms with Crippen LogP contribution >= 0.6 is 11.8 Å². The Morgan fingerprint density at radius 1 is 1.21 bits per heavy atom. The Balaban J connectivity index is 2.24. The van der Waals surface area contributed by atoms with Gasteiger partial charge in [0.05, 0.1) is 13.2 Å². The van der Waals surface area contributed by atoms with E-state index in [0.717, 1.165) is 17.1 Å². The molecule has 1 aliphatic rings. The van der Waals surface area contributed by atoms with E-state index in [1.807, 2.05) is 48.6 Å². The number of hydrogen-bond donors (Lipinski definition) is 1. The Labute approximate surface area is 118 Å². The summed E-state index contributed by atoms with van der Waals surface area (Å²) in [5.41, 5.74) is 1.09. The van der Waals surface area contributed by atoms with E-state index in [1.165, 1.54) is 0 Å². The molecule has 1 atom stereocenters. The summed E-state index contributed by atoms with van der Waals surface area (Å²) in [4.78, 5) is 1.87. The molecule has 1 aliphatic heterocycles. The molecular formula is C14H19NO3S. The molecule has 1 N–H and O–H groups in total. The van der Waals surface area contributed by atoms with Gasteiger partial charge in [0.2, 0.25) is 0 Å². The standard InChI is InChI=1S/C14H19NO3S/c1-3-17-12-6-5-11(9-13(12)18-4-2)14-15(10-16)7-8-19-14/h5-9,14,16H,3-4,10H2,1-2H3. The predicted molar refractivity (Wildman–Crippen MR) is 77.2 cm³/mol. The molecule has 0 fully saturated rings. The number of thioether (sulfide) groups is 1. The normalized spacial score (nSPS) is 17.8. The molecule has 19 heavy (non-hydrogen) atoms. The highest BCUT2D eigenvalue weighted by atomic mass is 32.2. The number of nitrogens with zero attached hydrogens (tertiary/aromatic N) is 1. The topological polar surface area (TPSA) is 41.9 Å². The van der Waals surface area contributed by atoms with Crippen molar-refractivity contribution in [3.8, 4) is 11.5 Å². The van der Waals surface area contributed by atoms with Crippen molar-refractivity contribution in [3.05, 3.63) is 35.4 Å². The molecular weight excluding hydrogens is 262 g/mol. The molecule has 0 amide bonds. The zero-order valence-electron chi connectivity index (χ0n) is 11.2. The summed E-state index contributed by atoms with van der Waals surface area (Å²) in [6, 6.07) is 5.93. The minimum absolute atomic E-state index is 0.00530. The van der Waals surface area contributed by atoms with Gasteiger partial charge in [0.15, 0.2) is 11.5 Å². The number of benzene rings is 1. The summed E-state index contributed by atoms with van der Waals surface area (Å²) in [6.45, 7) is 5.12. The molecule has 0 saturated carbocycles. The van der Waals surface area contributed by atoms with E-state index in [0.29, 0.717) is 13.2 Å². The minimum Gasteiger partial charge on any atom is -0.490 e. The lowest BCUT2D eigenvalue weighted by Gasteiger charge is -2.23. The molecule has 0 saturated heterocycles. The van der Waals surface area contributed by atoms with Crippen molar-refractivity contribution in [1.82, 2.24) is 4.90 Å². The number of ether oxygens (including phenoxy) is 2. The van der Waals surface area contributed by atoms with E-state index >= 15 is 0 Å². The van der Waals surface area contributed by atoms with Gasteiger partial charge >= 0.3 is 0 Å². The van der Waals surface area contributed by atoms with Gasteiger partial charge in [0, 0.05) is 6.20 Å². The van der Waals surface area contributed by atoms with Gasteiger partial charge in [-0.1, -0.05) is 6.07 Å². The van der Waals surface area contributed by atoms with E-state index in [4.69, 9.17) is 9.47 Å². The zero-order chi connectivity index (χ0) is 13.7. The smallest absolute Gasteiger partial charge is 0.161 e. The fourth-order valence-corrected chi connectivity index (χ4v) is 2.93. The van der Waals surface area contributed by atoms with Crippen LogP contribution in [0.1, 0.15) is 24.8 Å². The van der Waals surface area contributed by atoms with Gasteiger partial charge in [-0.05, 0) is 37.0 Å². The first-order valence-corrected chi connectivity index (χ1v) is 7.32. The molecule has 2 rings (SSSR count). The Morgan fingerprint density at radius 3 is 2.63 bits per heavy atom. The second-order valence-corrected chi connectivity index (χ2v) is 4.99. The van der Waals surface area contributed by atoms with Gasteiger partial charge in [0.1, 0.15) is 12.1 Å². The van der Waals surface area contributed by atoms with Gasteiger partial charge in [-0.25, -0.2) is 0 Å². The second-order valence-electron chi connectivity index (χ2n) is 4.00. The predicted octanol–water partition coefficient (Wildman–Crippen LogP) is 2.95. The van der Waals surface area contributed by atoms with Crippen LogP contribution in [-0.4, -0.2) is 30.0 Å². The van der Waals surface area contributed by atoms with Crippen molar-refractivity contribution in [3.63, 3.8) is 0 Å². The van der Waals surface area contributed by atoms with Gasteiger partial charge in [-0.3, -0.25) is 0 Å². The SMILES string of the molecule is CCOc1ccc(C2SC=CN2CO)cc1OCC. The maximum absolute atomic E-state index is 9.31. The van der Waals surface area contributed by atoms with E-state index in [1.54, 1.807) is 11.8 Å². The van der Waals surface area contributed by atoms with E-state index in [2.05, 4.69) is 0 Å². The van der Waals surface area contributed by atoms with Crippen molar-refractivity contribution in [2.45, 2.75) is 19.2 Å². The van der Waals surface area contributed by atoms with E-state index < -0.39 is 0 Å². The average Bonchev–Trinajstić information content (AvgIpc) is 2.89. The third kappa shape index (κ3) is 3.16. The molecule has 1 aromatic rings. The molecule has 104 valence electrons. The van der Waals surface area contributed by atoms with Crippen LogP contribution in [0.4, 0.5) is 0 Å². The Morgan fingerprint density at radius 2 is 1.95 bits per heavy atom. The molecule has 0 aromatic heterocycles. The van der Waals surface area contributed by atoms with Crippen molar-refractivity contribution < 1.29 is 14.6 Å². The largest absolute Gasteiger partial charge is 0.490 e. The minimum atomic E-state index is 0.00530. The highest BCUT2D eigenvalue weighted by Crippen LogP contribution is 2.41. The van der Waals surface area contributed by atoms with Crippen LogP contribution in [-0.2, 0) is 0 Å². The van der Waals surface area contributed by atoms with Crippen LogP contribution < -0.4 is 9.47 Å². The maximum Gasteiger partial charge on any atom is 0.161 e. The molecule has 0 bridgehead atoms. The third-order valence-electron chi connectivity index (χ3n) is 2.78. The number of hydrogen-bond acceptors (Lipinski definition) is 5. The van der Waals surface area contributed by atoms with E-state index in [9.17, 15) is 5.11 Å². The number of aliphatic hydroxyl groups excluding tert-OH is 1. The fraction of sp³-hybridized carbons (Fsp3) is 0.429. The summed E-state index contributed by atoms with van der Waals surface area (Å²) >= 11 is 1.66. The van der Waals surface area contributed by atoms with E-state index in [-0.39, 0.29) is 12.1 Å². The van der Waals surface area contributed by atoms with Crippen LogP contribution in [0, 0.1) is 0 Å². The van der Waals surface area contributed by atoms with Crippen LogP contribution in [0.2, 0.25) is 0 Å². The Bertz CT molecular complexity index is 450. The third-order valence-corrected chi connectivity index (χ3v) is 3.86. The molecule has 0 radical (unpaired) electrons. The quantitative estimate of drug-likeness (QED) is 0.868. The van der Waals surface area contributed by atoms with Gasteiger partial charge in [-0.15, -0.1) is 11.8 Å². The summed E-state index contributed by atoms with van der Waals surface area (Å²) < 4.78 is 11.2. The van der Waals surface area contributed by atoms with Crippen molar-refractivity contribution in [2.24, 2.45) is 0 Å². The summed E-state index contributed by atoms with van der Waals surface area (Å²) in [6.07, 6.45) is 1.89. The molecule has 4 nitrogen and oxygen atoms in total. The van der Waals surface area contributed by atoms with Crippen molar-refractivity contribution >= 4 is 11.8 Å². The van der Waals surface area contributed by atoms with Crippen LogP contribution in [0.5, 0.6) is 11.5 Å². The number of aliphatic hydroxyl groups is 1. The van der Waals surface area contributed by atoms with Gasteiger partial charge < -0.3 is 19.5 Å². The second kappa shape index (κ2) is 6.73. The van der Waals surface area contributed by atoms with Crippen molar-refractivity contribution in [1.29, 1.82) is 0 Å². The van der Waals surface area contributed by atoms with Gasteiger partial charge in [0.25, 0.3) is 0 Å². The first-order chi connectivity index (χ1) is 9.30. The lowest BCUT2D eigenvalue weighted by molar-refractivity contribution is 0.145. The molecule has 0 aliphatic carbocycles. The Kier molecular flexibility index (Phi) is 4.99. The molecule has 0 spiro atoms. The lowest BCUT2D eigenvalue weighted by atomic mass is 10.2. The monoisotopic (exact) mass is 281 g/mol. The summed E-state index contributed by atoms with van der Waals surface area (Å²) in [5.74, 6) is 1.52. The number of rotatable bonds is 6. The highest BCUT2D eigenvalue weighted by Gasteiger charge is 2.22. The van der Waals surface area contributed by atoms with Crippen LogP contribution in [0.3, 0.4) is 0 Å². The zero-order valence-corrected chi connectivity index (χ0v) is 12.0. The Hall–Kier alpha value is -1.33. The molecule has 5 heteroatoms. The highest BCUT2D eigenvalue weighted by molar-refractivity contribution is 8.02. The lowest BCUT2D eigenvalue weighted by Crippen LogP contribution is -2.19. The first-order valence-electron chi connectivity index (χ1n) is 6.38. The average molecular weight is 281 g/mol. The van der Waals surface area contributed by atoms with Crippen LogP contribution in [0.15, 0.2) is 29.8 Å². The summed E-state index contributed by atoms with van der Waals surface area (Å²) in [5, 5.41) is 11.4. The molecule has 1 unspecified atom stereocenters.